The van der Waals surface area contributed by atoms with Crippen LogP contribution in [0.3, 0.4) is 0 Å². The molecule has 1 N–H and O–H groups in total. The summed E-state index contributed by atoms with van der Waals surface area (Å²) >= 11 is 1.51. The molecular formula is C18H22N4O2S. The molecule has 1 aliphatic heterocycles. The zero-order chi connectivity index (χ0) is 17.4. The largest absolute Gasteiger partial charge is 0.349 e. The quantitative estimate of drug-likeness (QED) is 0.915. The van der Waals surface area contributed by atoms with E-state index >= 15 is 0 Å². The summed E-state index contributed by atoms with van der Waals surface area (Å²) < 4.78 is 1.64. The van der Waals surface area contributed by atoms with Gasteiger partial charge in [0, 0.05) is 32.4 Å². The molecule has 1 spiro atoms. The predicted octanol–water partition coefficient (Wildman–Crippen LogP) is 2.30. The van der Waals surface area contributed by atoms with E-state index in [4.69, 9.17) is 0 Å². The summed E-state index contributed by atoms with van der Waals surface area (Å²) in [5.74, 6) is 0.115. The van der Waals surface area contributed by atoms with Crippen LogP contribution in [0.4, 0.5) is 0 Å². The molecule has 2 amide bonds. The van der Waals surface area contributed by atoms with Gasteiger partial charge in [-0.15, -0.1) is 11.3 Å². The van der Waals surface area contributed by atoms with E-state index in [2.05, 4.69) is 10.4 Å². The molecule has 7 heteroatoms. The number of amides is 2. The molecule has 4 rings (SSSR count). The molecule has 2 aliphatic rings. The number of aromatic nitrogens is 2. The van der Waals surface area contributed by atoms with Crippen LogP contribution in [0.2, 0.25) is 0 Å². The maximum atomic E-state index is 12.4. The molecule has 2 fully saturated rings. The van der Waals surface area contributed by atoms with Crippen LogP contribution in [0.5, 0.6) is 0 Å². The first-order valence-electron chi connectivity index (χ1n) is 8.67. The summed E-state index contributed by atoms with van der Waals surface area (Å²) in [5.41, 5.74) is 0.916. The van der Waals surface area contributed by atoms with Gasteiger partial charge in [-0.3, -0.25) is 14.3 Å². The van der Waals surface area contributed by atoms with Crippen molar-refractivity contribution >= 4 is 23.2 Å². The molecule has 2 aromatic heterocycles. The number of likely N-dealkylation sites (tertiary alicyclic amines) is 1. The molecule has 0 unspecified atom stereocenters. The highest BCUT2D eigenvalue weighted by atomic mass is 32.1. The van der Waals surface area contributed by atoms with E-state index in [0.29, 0.717) is 11.0 Å². The highest BCUT2D eigenvalue weighted by molar-refractivity contribution is 7.12. The third kappa shape index (κ3) is 3.20. The Balaban J connectivity index is 1.26. The molecule has 0 radical (unpaired) electrons. The predicted molar refractivity (Wildman–Crippen MR) is 95.6 cm³/mol. The molecule has 1 aliphatic carbocycles. The lowest BCUT2D eigenvalue weighted by Gasteiger charge is -2.52. The minimum atomic E-state index is -0.0433. The van der Waals surface area contributed by atoms with Gasteiger partial charge in [-0.2, -0.15) is 5.10 Å². The average molecular weight is 358 g/mol. The highest BCUT2D eigenvalue weighted by Gasteiger charge is 2.46. The van der Waals surface area contributed by atoms with Crippen LogP contribution in [0.15, 0.2) is 29.9 Å². The van der Waals surface area contributed by atoms with Gasteiger partial charge in [0.2, 0.25) is 0 Å². The van der Waals surface area contributed by atoms with Gasteiger partial charge in [0.25, 0.3) is 11.8 Å². The number of hydrogen-bond acceptors (Lipinski definition) is 4. The molecule has 0 atom stereocenters. The highest BCUT2D eigenvalue weighted by Crippen LogP contribution is 2.49. The number of nitrogens with zero attached hydrogens (tertiary/aromatic N) is 3. The Kier molecular flexibility index (Phi) is 4.11. The Morgan fingerprint density at radius 3 is 2.68 bits per heavy atom. The molecule has 1 saturated heterocycles. The van der Waals surface area contributed by atoms with E-state index in [1.807, 2.05) is 22.4 Å². The van der Waals surface area contributed by atoms with Gasteiger partial charge < -0.3 is 10.2 Å². The summed E-state index contributed by atoms with van der Waals surface area (Å²) in [6.45, 7) is 1.64. The first-order valence-corrected chi connectivity index (χ1v) is 9.55. The Labute approximate surface area is 150 Å². The van der Waals surface area contributed by atoms with E-state index in [-0.39, 0.29) is 17.9 Å². The van der Waals surface area contributed by atoms with Crippen molar-refractivity contribution in [2.45, 2.75) is 31.7 Å². The monoisotopic (exact) mass is 358 g/mol. The van der Waals surface area contributed by atoms with Crippen LogP contribution >= 0.6 is 11.3 Å². The van der Waals surface area contributed by atoms with Crippen molar-refractivity contribution in [1.29, 1.82) is 0 Å². The summed E-state index contributed by atoms with van der Waals surface area (Å²) in [6, 6.07) is 4.06. The van der Waals surface area contributed by atoms with Gasteiger partial charge in [0.05, 0.1) is 16.6 Å². The summed E-state index contributed by atoms with van der Waals surface area (Å²) in [6.07, 6.45) is 7.42. The first kappa shape index (κ1) is 16.3. The second-order valence-electron chi connectivity index (χ2n) is 7.25. The lowest BCUT2D eigenvalue weighted by Crippen LogP contribution is -2.55. The molecular weight excluding hydrogens is 336 g/mol. The normalized spacial score (nSPS) is 19.6. The van der Waals surface area contributed by atoms with Gasteiger partial charge in [-0.1, -0.05) is 6.07 Å². The molecule has 2 aromatic rings. The number of nitrogens with one attached hydrogen (secondary N) is 1. The second kappa shape index (κ2) is 6.29. The molecule has 3 heterocycles. The van der Waals surface area contributed by atoms with E-state index in [1.54, 1.807) is 24.1 Å². The summed E-state index contributed by atoms with van der Waals surface area (Å²) in [7, 11) is 1.81. The van der Waals surface area contributed by atoms with Crippen molar-refractivity contribution in [1.82, 2.24) is 20.0 Å². The SMILES string of the molecule is Cn1cc(C(=O)NC2CC3(CCN(C(=O)c4cccs4)CC3)C2)cn1. The van der Waals surface area contributed by atoms with Crippen LogP contribution < -0.4 is 5.32 Å². The van der Waals surface area contributed by atoms with Crippen molar-refractivity contribution < 1.29 is 9.59 Å². The fraction of sp³-hybridized carbons (Fsp3) is 0.500. The maximum Gasteiger partial charge on any atom is 0.263 e. The summed E-state index contributed by atoms with van der Waals surface area (Å²) in [4.78, 5) is 27.4. The van der Waals surface area contributed by atoms with E-state index in [9.17, 15) is 9.59 Å². The fourth-order valence-corrected chi connectivity index (χ4v) is 4.73. The van der Waals surface area contributed by atoms with Gasteiger partial charge in [0.15, 0.2) is 0 Å². The smallest absolute Gasteiger partial charge is 0.263 e. The van der Waals surface area contributed by atoms with Crippen molar-refractivity contribution in [3.63, 3.8) is 0 Å². The number of carbonyl (C=O) groups is 2. The maximum absolute atomic E-state index is 12.4. The van der Waals surface area contributed by atoms with Crippen LogP contribution in [-0.4, -0.2) is 45.6 Å². The third-order valence-corrected chi connectivity index (χ3v) is 6.36. The zero-order valence-electron chi connectivity index (χ0n) is 14.3. The van der Waals surface area contributed by atoms with Gasteiger partial charge in [0.1, 0.15) is 0 Å². The van der Waals surface area contributed by atoms with Gasteiger partial charge >= 0.3 is 0 Å². The first-order chi connectivity index (χ1) is 12.0. The lowest BCUT2D eigenvalue weighted by atomic mass is 9.60. The third-order valence-electron chi connectivity index (χ3n) is 5.50. The van der Waals surface area contributed by atoms with E-state index in [0.717, 1.165) is 43.6 Å². The molecule has 6 nitrogen and oxygen atoms in total. The summed E-state index contributed by atoms with van der Waals surface area (Å²) in [5, 5.41) is 9.08. The molecule has 0 aromatic carbocycles. The van der Waals surface area contributed by atoms with Crippen LogP contribution in [0, 0.1) is 5.41 Å². The molecule has 0 bridgehead atoms. The Hall–Kier alpha value is -2.15. The van der Waals surface area contributed by atoms with Crippen LogP contribution in [0.1, 0.15) is 45.7 Å². The standard InChI is InChI=1S/C18H22N4O2S/c1-21-12-13(11-19-21)16(23)20-14-9-18(10-14)4-6-22(7-5-18)17(24)15-3-2-8-25-15/h2-3,8,11-12,14H,4-7,9-10H2,1H3,(H,20,23). The number of piperidine rings is 1. The van der Waals surface area contributed by atoms with Crippen LogP contribution in [-0.2, 0) is 7.05 Å². The Bertz CT molecular complexity index is 767. The van der Waals surface area contributed by atoms with Crippen molar-refractivity contribution in [3.8, 4) is 0 Å². The number of thiophene rings is 1. The zero-order valence-corrected chi connectivity index (χ0v) is 15.1. The minimum Gasteiger partial charge on any atom is -0.349 e. The van der Waals surface area contributed by atoms with Crippen LogP contribution in [0.25, 0.3) is 0 Å². The Morgan fingerprint density at radius 1 is 1.32 bits per heavy atom. The van der Waals surface area contributed by atoms with E-state index in [1.165, 1.54) is 11.3 Å². The molecule has 25 heavy (non-hydrogen) atoms. The number of rotatable bonds is 3. The molecule has 132 valence electrons. The Morgan fingerprint density at radius 2 is 2.08 bits per heavy atom. The average Bonchev–Trinajstić information content (AvgIpc) is 3.25. The minimum absolute atomic E-state index is 0.0433. The second-order valence-corrected chi connectivity index (χ2v) is 8.20. The number of aryl methyl sites for hydroxylation is 1. The lowest BCUT2D eigenvalue weighted by molar-refractivity contribution is 0.00881. The fourth-order valence-electron chi connectivity index (χ4n) is 4.04. The van der Waals surface area contributed by atoms with E-state index < -0.39 is 0 Å². The topological polar surface area (TPSA) is 67.2 Å². The number of carbonyl (C=O) groups excluding carboxylic acids is 2. The van der Waals surface area contributed by atoms with Crippen molar-refractivity contribution in [2.75, 3.05) is 13.1 Å². The van der Waals surface area contributed by atoms with Crippen molar-refractivity contribution in [3.05, 3.63) is 40.3 Å². The number of hydrogen-bond donors (Lipinski definition) is 1. The molecule has 1 saturated carbocycles. The van der Waals surface area contributed by atoms with Gasteiger partial charge in [-0.05, 0) is 42.5 Å². The van der Waals surface area contributed by atoms with Gasteiger partial charge in [-0.25, -0.2) is 0 Å². The van der Waals surface area contributed by atoms with Crippen molar-refractivity contribution in [2.24, 2.45) is 12.5 Å².